The van der Waals surface area contributed by atoms with Crippen LogP contribution >= 0.6 is 11.6 Å². The fourth-order valence-corrected chi connectivity index (χ4v) is 3.33. The number of fused-ring (bicyclic) bond motifs is 1. The van der Waals surface area contributed by atoms with Crippen LogP contribution in [-0.2, 0) is 17.5 Å². The van der Waals surface area contributed by atoms with E-state index in [9.17, 15) is 13.2 Å². The van der Waals surface area contributed by atoms with Gasteiger partial charge in [-0.1, -0.05) is 23.7 Å². The smallest absolute Gasteiger partial charge is 0.379 e. The van der Waals surface area contributed by atoms with Crippen LogP contribution in [-0.4, -0.2) is 46.2 Å². The normalized spacial score (nSPS) is 16.1. The first kappa shape index (κ1) is 18.2. The average Bonchev–Trinajstić information content (AvgIpc) is 3.08. The highest BCUT2D eigenvalue weighted by Gasteiger charge is 2.34. The van der Waals surface area contributed by atoms with Gasteiger partial charge in [-0.15, -0.1) is 0 Å². The molecule has 0 unspecified atom stereocenters. The largest absolute Gasteiger partial charge is 0.416 e. The molecule has 1 aliphatic heterocycles. The third-order valence-corrected chi connectivity index (χ3v) is 4.84. The predicted molar refractivity (Wildman–Crippen MR) is 95.4 cm³/mol. The molecule has 1 N–H and O–H groups in total. The van der Waals surface area contributed by atoms with Gasteiger partial charge in [-0.2, -0.15) is 13.2 Å². The standard InChI is InChI=1S/C18H16ClF3N4O/c19-14-3-4-23-17-15(14)24-16(25-17)11-1-2-12(13(9-11)18(20,21)22)10-26-5-7-27-8-6-26/h1-4,9H,5-8,10H2,(H,23,24,25). The molecule has 1 fully saturated rings. The van der Waals surface area contributed by atoms with Gasteiger partial charge in [0.15, 0.2) is 5.65 Å². The first-order valence-corrected chi connectivity index (χ1v) is 8.80. The number of alkyl halides is 3. The van der Waals surface area contributed by atoms with Crippen LogP contribution in [0.25, 0.3) is 22.6 Å². The van der Waals surface area contributed by atoms with Gasteiger partial charge >= 0.3 is 6.18 Å². The van der Waals surface area contributed by atoms with Gasteiger partial charge in [-0.3, -0.25) is 4.90 Å². The first-order chi connectivity index (χ1) is 12.9. The minimum Gasteiger partial charge on any atom is -0.379 e. The van der Waals surface area contributed by atoms with Crippen molar-refractivity contribution in [1.82, 2.24) is 19.9 Å². The van der Waals surface area contributed by atoms with Crippen LogP contribution in [0.1, 0.15) is 11.1 Å². The highest BCUT2D eigenvalue weighted by molar-refractivity contribution is 6.34. The van der Waals surface area contributed by atoms with E-state index in [2.05, 4.69) is 15.0 Å². The Morgan fingerprint density at radius 1 is 1.19 bits per heavy atom. The minimum atomic E-state index is -4.46. The summed E-state index contributed by atoms with van der Waals surface area (Å²) in [5.41, 5.74) is 0.775. The van der Waals surface area contributed by atoms with Crippen molar-refractivity contribution in [1.29, 1.82) is 0 Å². The zero-order valence-electron chi connectivity index (χ0n) is 14.2. The third-order valence-electron chi connectivity index (χ3n) is 4.53. The number of hydrogen-bond donors (Lipinski definition) is 1. The number of nitrogens with zero attached hydrogens (tertiary/aromatic N) is 3. The molecule has 0 saturated carbocycles. The number of H-pyrrole nitrogens is 1. The summed E-state index contributed by atoms with van der Waals surface area (Å²) in [6.45, 7) is 2.53. The summed E-state index contributed by atoms with van der Waals surface area (Å²) >= 11 is 6.09. The van der Waals surface area contributed by atoms with Gasteiger partial charge in [0.25, 0.3) is 0 Å². The van der Waals surface area contributed by atoms with Crippen LogP contribution in [0.15, 0.2) is 30.5 Å². The van der Waals surface area contributed by atoms with E-state index in [0.717, 1.165) is 6.07 Å². The van der Waals surface area contributed by atoms with Gasteiger partial charge in [-0.05, 0) is 17.7 Å². The molecule has 4 rings (SSSR count). The highest BCUT2D eigenvalue weighted by Crippen LogP contribution is 2.35. The molecule has 3 aromatic rings. The molecular weight excluding hydrogens is 381 g/mol. The van der Waals surface area contributed by atoms with Crippen molar-refractivity contribution >= 4 is 22.8 Å². The van der Waals surface area contributed by atoms with Crippen molar-refractivity contribution < 1.29 is 17.9 Å². The lowest BCUT2D eigenvalue weighted by Gasteiger charge is -2.27. The summed E-state index contributed by atoms with van der Waals surface area (Å²) in [6.07, 6.45) is -2.96. The molecule has 2 aromatic heterocycles. The molecule has 0 atom stereocenters. The van der Waals surface area contributed by atoms with E-state index < -0.39 is 11.7 Å². The average molecular weight is 397 g/mol. The lowest BCUT2D eigenvalue weighted by atomic mass is 10.0. The second-order valence-corrected chi connectivity index (χ2v) is 6.74. The van der Waals surface area contributed by atoms with Crippen LogP contribution in [0.2, 0.25) is 5.02 Å². The minimum absolute atomic E-state index is 0.228. The van der Waals surface area contributed by atoms with Crippen molar-refractivity contribution in [3.8, 4) is 11.4 Å². The Balaban J connectivity index is 1.72. The van der Waals surface area contributed by atoms with E-state index in [-0.39, 0.29) is 12.1 Å². The molecule has 5 nitrogen and oxygen atoms in total. The van der Waals surface area contributed by atoms with Gasteiger partial charge in [0.05, 0.1) is 23.8 Å². The molecule has 0 spiro atoms. The van der Waals surface area contributed by atoms with Gasteiger partial charge in [0.2, 0.25) is 0 Å². The molecule has 0 amide bonds. The summed E-state index contributed by atoms with van der Waals surface area (Å²) in [6, 6.07) is 5.87. The number of aromatic nitrogens is 3. The second kappa shape index (κ2) is 7.10. The molecular formula is C18H16ClF3N4O. The van der Waals surface area contributed by atoms with Crippen molar-refractivity contribution in [2.45, 2.75) is 12.7 Å². The topological polar surface area (TPSA) is 54.0 Å². The summed E-state index contributed by atoms with van der Waals surface area (Å²) < 4.78 is 46.2. The lowest BCUT2D eigenvalue weighted by Crippen LogP contribution is -2.36. The zero-order valence-corrected chi connectivity index (χ0v) is 14.9. The van der Waals surface area contributed by atoms with E-state index >= 15 is 0 Å². The summed E-state index contributed by atoms with van der Waals surface area (Å²) in [7, 11) is 0. The number of halogens is 4. The van der Waals surface area contributed by atoms with Gasteiger partial charge in [0.1, 0.15) is 11.3 Å². The van der Waals surface area contributed by atoms with E-state index in [1.165, 1.54) is 12.3 Å². The van der Waals surface area contributed by atoms with Crippen LogP contribution in [0, 0.1) is 0 Å². The highest BCUT2D eigenvalue weighted by atomic mass is 35.5. The number of ether oxygens (including phenoxy) is 1. The molecule has 1 aromatic carbocycles. The Bertz CT molecular complexity index is 967. The number of morpholine rings is 1. The van der Waals surface area contributed by atoms with E-state index in [1.807, 2.05) is 4.90 Å². The molecule has 0 bridgehead atoms. The summed E-state index contributed by atoms with van der Waals surface area (Å²) in [5.74, 6) is 0.300. The fourth-order valence-electron chi connectivity index (χ4n) is 3.14. The maximum atomic E-state index is 13.7. The van der Waals surface area contributed by atoms with Gasteiger partial charge in [-0.25, -0.2) is 9.97 Å². The molecule has 9 heteroatoms. The Kier molecular flexibility index (Phi) is 4.79. The van der Waals surface area contributed by atoms with Crippen molar-refractivity contribution in [2.75, 3.05) is 26.3 Å². The molecule has 0 aliphatic carbocycles. The van der Waals surface area contributed by atoms with Crippen molar-refractivity contribution in [3.05, 3.63) is 46.6 Å². The number of hydrogen-bond acceptors (Lipinski definition) is 4. The number of benzene rings is 1. The molecule has 3 heterocycles. The van der Waals surface area contributed by atoms with E-state index in [4.69, 9.17) is 16.3 Å². The van der Waals surface area contributed by atoms with Crippen LogP contribution in [0.3, 0.4) is 0 Å². The molecule has 1 aliphatic rings. The summed E-state index contributed by atoms with van der Waals surface area (Å²) in [5, 5.41) is 0.415. The lowest BCUT2D eigenvalue weighted by molar-refractivity contribution is -0.138. The fraction of sp³-hybridized carbons (Fsp3) is 0.333. The molecule has 0 radical (unpaired) electrons. The Labute approximate surface area is 158 Å². The van der Waals surface area contributed by atoms with Crippen LogP contribution in [0.4, 0.5) is 13.2 Å². The summed E-state index contributed by atoms with van der Waals surface area (Å²) in [4.78, 5) is 13.3. The monoisotopic (exact) mass is 396 g/mol. The third kappa shape index (κ3) is 3.78. The SMILES string of the molecule is FC(F)(F)c1cc(-c2nc3nccc(Cl)c3[nH]2)ccc1CN1CCOCC1. The number of imidazole rings is 1. The predicted octanol–water partition coefficient (Wildman–Crippen LogP) is 4.13. The van der Waals surface area contributed by atoms with E-state index in [1.54, 1.807) is 12.1 Å². The van der Waals surface area contributed by atoms with Crippen molar-refractivity contribution in [3.63, 3.8) is 0 Å². The number of pyridine rings is 1. The van der Waals surface area contributed by atoms with E-state index in [0.29, 0.717) is 53.9 Å². The zero-order chi connectivity index (χ0) is 19.0. The maximum absolute atomic E-state index is 13.7. The molecule has 1 saturated heterocycles. The van der Waals surface area contributed by atoms with Gasteiger partial charge in [0, 0.05) is 31.4 Å². The Morgan fingerprint density at radius 2 is 1.96 bits per heavy atom. The van der Waals surface area contributed by atoms with Crippen molar-refractivity contribution in [2.24, 2.45) is 0 Å². The second-order valence-electron chi connectivity index (χ2n) is 6.33. The van der Waals surface area contributed by atoms with Crippen LogP contribution < -0.4 is 0 Å². The first-order valence-electron chi connectivity index (χ1n) is 8.42. The number of rotatable bonds is 3. The Hall–Kier alpha value is -2.16. The van der Waals surface area contributed by atoms with Gasteiger partial charge < -0.3 is 9.72 Å². The molecule has 27 heavy (non-hydrogen) atoms. The maximum Gasteiger partial charge on any atom is 0.416 e. The van der Waals surface area contributed by atoms with Crippen LogP contribution in [0.5, 0.6) is 0 Å². The Morgan fingerprint density at radius 3 is 2.67 bits per heavy atom. The number of aromatic amines is 1. The number of nitrogens with one attached hydrogen (secondary N) is 1. The quantitative estimate of drug-likeness (QED) is 0.723. The molecule has 142 valence electrons.